The first kappa shape index (κ1) is 16.9. The fourth-order valence-electron chi connectivity index (χ4n) is 3.27. The fraction of sp³-hybridized carbons (Fsp3) is 0.917. The maximum Gasteiger partial charge on any atom is 0.391 e. The van der Waals surface area contributed by atoms with Crippen LogP contribution in [0.15, 0.2) is 0 Å². The number of likely N-dealkylation sites (tertiary alicyclic amines) is 1. The Bertz CT molecular complexity index is 500. The molecule has 1 aliphatic carbocycles. The van der Waals surface area contributed by atoms with E-state index in [2.05, 4.69) is 0 Å². The van der Waals surface area contributed by atoms with E-state index in [1.807, 2.05) is 0 Å². The van der Waals surface area contributed by atoms with Gasteiger partial charge < -0.3 is 4.90 Å². The molecular formula is C12H17ClF3NO3S. The van der Waals surface area contributed by atoms with Crippen molar-refractivity contribution in [1.82, 2.24) is 4.90 Å². The first-order valence-corrected chi connectivity index (χ1v) is 9.32. The van der Waals surface area contributed by atoms with Crippen LogP contribution in [0.4, 0.5) is 13.2 Å². The Balaban J connectivity index is 1.91. The van der Waals surface area contributed by atoms with Crippen molar-refractivity contribution in [2.45, 2.75) is 44.3 Å². The van der Waals surface area contributed by atoms with Gasteiger partial charge in [0.05, 0.1) is 11.7 Å². The molecule has 0 spiro atoms. The van der Waals surface area contributed by atoms with Gasteiger partial charge in [-0.25, -0.2) is 8.42 Å². The smallest absolute Gasteiger partial charge is 0.339 e. The Kier molecular flexibility index (Phi) is 4.78. The van der Waals surface area contributed by atoms with Gasteiger partial charge in [0, 0.05) is 35.6 Å². The maximum absolute atomic E-state index is 12.6. The molecule has 0 aromatic heterocycles. The van der Waals surface area contributed by atoms with Crippen LogP contribution in [-0.4, -0.2) is 43.7 Å². The molecule has 21 heavy (non-hydrogen) atoms. The Hall–Kier alpha value is -0.500. The highest BCUT2D eigenvalue weighted by atomic mass is 35.7. The number of nitrogens with zero attached hydrogens (tertiary/aromatic N) is 1. The number of amides is 1. The van der Waals surface area contributed by atoms with Crippen molar-refractivity contribution in [3.63, 3.8) is 0 Å². The molecule has 0 bridgehead atoms. The molecule has 4 nitrogen and oxygen atoms in total. The van der Waals surface area contributed by atoms with Crippen LogP contribution in [0.2, 0.25) is 0 Å². The lowest BCUT2D eigenvalue weighted by Crippen LogP contribution is -2.41. The second-order valence-corrected chi connectivity index (χ2v) is 8.69. The van der Waals surface area contributed by atoms with Gasteiger partial charge in [0.2, 0.25) is 15.0 Å². The van der Waals surface area contributed by atoms with Crippen molar-refractivity contribution in [2.24, 2.45) is 11.8 Å². The van der Waals surface area contributed by atoms with E-state index < -0.39 is 21.1 Å². The molecule has 9 heteroatoms. The first-order valence-electron chi connectivity index (χ1n) is 6.85. The van der Waals surface area contributed by atoms with Crippen molar-refractivity contribution in [2.75, 3.05) is 12.3 Å². The van der Waals surface area contributed by atoms with Crippen molar-refractivity contribution >= 4 is 25.6 Å². The third-order valence-corrected chi connectivity index (χ3v) is 5.52. The standard InChI is InChI=1S/C12H17ClF3NO3S/c13-21(19,20)7-8-5-11(18)17(6-8)10-3-1-9(2-4-10)12(14,15)16/h8-10H,1-7H2. The molecule has 0 aromatic carbocycles. The number of alkyl halides is 3. The zero-order valence-corrected chi connectivity index (χ0v) is 12.8. The van der Waals surface area contributed by atoms with E-state index in [-0.39, 0.29) is 49.4 Å². The van der Waals surface area contributed by atoms with Crippen LogP contribution in [0.5, 0.6) is 0 Å². The molecule has 122 valence electrons. The van der Waals surface area contributed by atoms with E-state index >= 15 is 0 Å². The summed E-state index contributed by atoms with van der Waals surface area (Å²) in [5.41, 5.74) is 0. The topological polar surface area (TPSA) is 54.5 Å². The predicted molar refractivity (Wildman–Crippen MR) is 71.3 cm³/mol. The van der Waals surface area contributed by atoms with Crippen LogP contribution >= 0.6 is 10.7 Å². The number of carbonyl (C=O) groups is 1. The minimum atomic E-state index is -4.17. The number of carbonyl (C=O) groups excluding carboxylic acids is 1. The van der Waals surface area contributed by atoms with Crippen LogP contribution in [0.25, 0.3) is 0 Å². The number of halogens is 4. The highest BCUT2D eigenvalue weighted by molar-refractivity contribution is 8.13. The van der Waals surface area contributed by atoms with E-state index in [0.29, 0.717) is 12.8 Å². The van der Waals surface area contributed by atoms with Crippen molar-refractivity contribution in [1.29, 1.82) is 0 Å². The van der Waals surface area contributed by atoms with Crippen LogP contribution in [0.1, 0.15) is 32.1 Å². The van der Waals surface area contributed by atoms with E-state index in [1.165, 1.54) is 0 Å². The third-order valence-electron chi connectivity index (χ3n) is 4.27. The summed E-state index contributed by atoms with van der Waals surface area (Å²) < 4.78 is 59.9. The second kappa shape index (κ2) is 5.95. The Morgan fingerprint density at radius 3 is 2.24 bits per heavy atom. The molecule has 0 aromatic rings. The minimum Gasteiger partial charge on any atom is -0.339 e. The van der Waals surface area contributed by atoms with Crippen molar-refractivity contribution < 1.29 is 26.4 Å². The van der Waals surface area contributed by atoms with Gasteiger partial charge >= 0.3 is 6.18 Å². The molecule has 1 aliphatic heterocycles. The molecule has 2 aliphatic rings. The summed E-state index contributed by atoms with van der Waals surface area (Å²) >= 11 is 0. The quantitative estimate of drug-likeness (QED) is 0.737. The Labute approximate surface area is 126 Å². The van der Waals surface area contributed by atoms with E-state index in [0.717, 1.165) is 0 Å². The molecule has 2 fully saturated rings. The van der Waals surface area contributed by atoms with Gasteiger partial charge in [-0.3, -0.25) is 4.79 Å². The minimum absolute atomic E-state index is 0.0242. The van der Waals surface area contributed by atoms with Gasteiger partial charge in [-0.15, -0.1) is 0 Å². The monoisotopic (exact) mass is 347 g/mol. The highest BCUT2D eigenvalue weighted by Gasteiger charge is 2.44. The summed E-state index contributed by atoms with van der Waals surface area (Å²) in [5, 5.41) is 0. The molecule has 1 saturated carbocycles. The van der Waals surface area contributed by atoms with Crippen molar-refractivity contribution in [3.05, 3.63) is 0 Å². The maximum atomic E-state index is 12.6. The molecule has 0 radical (unpaired) electrons. The Morgan fingerprint density at radius 2 is 1.76 bits per heavy atom. The largest absolute Gasteiger partial charge is 0.391 e. The molecule has 1 heterocycles. The van der Waals surface area contributed by atoms with Crippen LogP contribution in [0.3, 0.4) is 0 Å². The molecule has 2 rings (SSSR count). The normalized spacial score (nSPS) is 31.7. The van der Waals surface area contributed by atoms with E-state index in [4.69, 9.17) is 10.7 Å². The lowest BCUT2D eigenvalue weighted by atomic mass is 9.85. The second-order valence-electron chi connectivity index (χ2n) is 5.87. The molecule has 0 N–H and O–H groups in total. The lowest BCUT2D eigenvalue weighted by molar-refractivity contribution is -0.184. The van der Waals surface area contributed by atoms with Crippen LogP contribution < -0.4 is 0 Å². The van der Waals surface area contributed by atoms with E-state index in [1.54, 1.807) is 4.90 Å². The average Bonchev–Trinajstić information content (AvgIpc) is 2.66. The lowest BCUT2D eigenvalue weighted by Gasteiger charge is -2.35. The van der Waals surface area contributed by atoms with Crippen molar-refractivity contribution in [3.8, 4) is 0 Å². The van der Waals surface area contributed by atoms with Gasteiger partial charge in [0.25, 0.3) is 0 Å². The van der Waals surface area contributed by atoms with Gasteiger partial charge in [0.1, 0.15) is 0 Å². The molecule has 1 atom stereocenters. The first-order chi connectivity index (χ1) is 9.56. The summed E-state index contributed by atoms with van der Waals surface area (Å²) in [6.07, 6.45) is -3.39. The summed E-state index contributed by atoms with van der Waals surface area (Å²) in [4.78, 5) is 13.5. The molecule has 1 saturated heterocycles. The van der Waals surface area contributed by atoms with Gasteiger partial charge in [-0.05, 0) is 25.7 Å². The zero-order chi connectivity index (χ0) is 15.8. The highest BCUT2D eigenvalue weighted by Crippen LogP contribution is 2.39. The van der Waals surface area contributed by atoms with Gasteiger partial charge in [0.15, 0.2) is 0 Å². The van der Waals surface area contributed by atoms with Crippen LogP contribution in [-0.2, 0) is 13.8 Å². The summed E-state index contributed by atoms with van der Waals surface area (Å²) in [6, 6.07) is -0.209. The molecular weight excluding hydrogens is 331 g/mol. The number of rotatable bonds is 3. The number of hydrogen-bond acceptors (Lipinski definition) is 3. The SMILES string of the molecule is O=C1CC(CS(=O)(=O)Cl)CN1C1CCC(C(F)(F)F)CC1. The number of hydrogen-bond donors (Lipinski definition) is 0. The molecule has 1 unspecified atom stereocenters. The third kappa shape index (κ3) is 4.48. The van der Waals surface area contributed by atoms with Gasteiger partial charge in [-0.1, -0.05) is 0 Å². The summed E-state index contributed by atoms with van der Waals surface area (Å²) in [5.74, 6) is -2.10. The summed E-state index contributed by atoms with van der Waals surface area (Å²) in [6.45, 7) is 0.270. The Morgan fingerprint density at radius 1 is 1.19 bits per heavy atom. The van der Waals surface area contributed by atoms with Crippen LogP contribution in [0, 0.1) is 11.8 Å². The van der Waals surface area contributed by atoms with Gasteiger partial charge in [-0.2, -0.15) is 13.2 Å². The summed E-state index contributed by atoms with van der Waals surface area (Å²) in [7, 11) is 1.51. The zero-order valence-electron chi connectivity index (χ0n) is 11.3. The van der Waals surface area contributed by atoms with E-state index in [9.17, 15) is 26.4 Å². The fourth-order valence-corrected chi connectivity index (χ4v) is 4.59. The predicted octanol–water partition coefficient (Wildman–Crippen LogP) is 2.52. The average molecular weight is 348 g/mol. The molecule has 1 amide bonds.